The molecule has 0 heterocycles. The Morgan fingerprint density at radius 2 is 1.81 bits per heavy atom. The molecule has 2 rings (SSSR count). The van der Waals surface area contributed by atoms with E-state index in [9.17, 15) is 28.1 Å². The number of benzene rings is 2. The molecule has 11 heteroatoms. The van der Waals surface area contributed by atoms with E-state index in [0.29, 0.717) is 12.2 Å². The van der Waals surface area contributed by atoms with Crippen LogP contribution in [0.25, 0.3) is 0 Å². The molecule has 0 aromatic heterocycles. The Hall–Kier alpha value is -3.47. The third kappa shape index (κ3) is 6.51. The summed E-state index contributed by atoms with van der Waals surface area (Å²) in [6.07, 6.45) is 1.52. The van der Waals surface area contributed by atoms with Gasteiger partial charge in [0.15, 0.2) is 9.84 Å². The van der Waals surface area contributed by atoms with Crippen molar-refractivity contribution in [2.45, 2.75) is 11.3 Å². The van der Waals surface area contributed by atoms with Crippen molar-refractivity contribution in [3.63, 3.8) is 0 Å². The quantitative estimate of drug-likeness (QED) is 0.246. The second-order valence-electron chi connectivity index (χ2n) is 6.69. The third-order valence-electron chi connectivity index (χ3n) is 4.28. The zero-order chi connectivity index (χ0) is 23.2. The van der Waals surface area contributed by atoms with Crippen molar-refractivity contribution in [2.24, 2.45) is 0 Å². The molecular formula is C20H22N2O8S. The summed E-state index contributed by atoms with van der Waals surface area (Å²) in [5, 5.41) is 11.1. The van der Waals surface area contributed by atoms with Gasteiger partial charge in [-0.2, -0.15) is 0 Å². The van der Waals surface area contributed by atoms with E-state index in [1.807, 2.05) is 0 Å². The molecule has 0 N–H and O–H groups in total. The van der Waals surface area contributed by atoms with Gasteiger partial charge in [0.05, 0.1) is 29.1 Å². The van der Waals surface area contributed by atoms with E-state index in [4.69, 9.17) is 4.74 Å². The van der Waals surface area contributed by atoms with Crippen molar-refractivity contribution in [2.75, 3.05) is 33.6 Å². The van der Waals surface area contributed by atoms with Gasteiger partial charge < -0.3 is 14.4 Å². The van der Waals surface area contributed by atoms with Crippen LogP contribution in [0.4, 0.5) is 5.69 Å². The summed E-state index contributed by atoms with van der Waals surface area (Å²) in [6, 6.07) is 9.46. The number of amides is 1. The van der Waals surface area contributed by atoms with Gasteiger partial charge in [-0.15, -0.1) is 0 Å². The maximum Gasteiger partial charge on any atom is 0.338 e. The van der Waals surface area contributed by atoms with Crippen molar-refractivity contribution in [1.82, 2.24) is 4.90 Å². The zero-order valence-corrected chi connectivity index (χ0v) is 18.0. The second kappa shape index (κ2) is 10.0. The van der Waals surface area contributed by atoms with Crippen molar-refractivity contribution in [1.29, 1.82) is 0 Å². The van der Waals surface area contributed by atoms with Crippen molar-refractivity contribution in [3.8, 4) is 5.75 Å². The molecule has 0 spiro atoms. The van der Waals surface area contributed by atoms with E-state index in [-0.39, 0.29) is 29.2 Å². The maximum absolute atomic E-state index is 12.6. The van der Waals surface area contributed by atoms with Crippen LogP contribution in [-0.2, 0) is 14.6 Å². The number of methoxy groups -OCH3 is 1. The molecule has 1 amide bonds. The number of esters is 1. The predicted molar refractivity (Wildman–Crippen MR) is 111 cm³/mol. The first kappa shape index (κ1) is 23.8. The molecule has 2 aromatic rings. The van der Waals surface area contributed by atoms with E-state index in [2.05, 4.69) is 4.74 Å². The number of ether oxygens (including phenoxy) is 2. The minimum atomic E-state index is -3.35. The lowest BCUT2D eigenvalue weighted by molar-refractivity contribution is -0.384. The molecule has 0 aliphatic carbocycles. The van der Waals surface area contributed by atoms with E-state index >= 15 is 0 Å². The molecule has 0 saturated heterocycles. The Bertz CT molecular complexity index is 1100. The van der Waals surface area contributed by atoms with Gasteiger partial charge in [0.2, 0.25) is 0 Å². The summed E-state index contributed by atoms with van der Waals surface area (Å²) in [5.41, 5.74) is -0.504. The Morgan fingerprint density at radius 3 is 2.42 bits per heavy atom. The van der Waals surface area contributed by atoms with Crippen LogP contribution >= 0.6 is 0 Å². The molecule has 0 aliphatic heterocycles. The van der Waals surface area contributed by atoms with Crippen LogP contribution in [0.15, 0.2) is 47.4 Å². The highest BCUT2D eigenvalue weighted by atomic mass is 32.2. The number of rotatable bonds is 9. The summed E-state index contributed by atoms with van der Waals surface area (Å²) in [5.74, 6) is -0.906. The summed E-state index contributed by atoms with van der Waals surface area (Å²) in [7, 11) is -0.690. The molecule has 0 radical (unpaired) electrons. The average Bonchev–Trinajstić information content (AvgIpc) is 2.74. The third-order valence-corrected chi connectivity index (χ3v) is 5.39. The summed E-state index contributed by atoms with van der Waals surface area (Å²) in [6.45, 7) is 0.480. The number of carbonyl (C=O) groups is 2. The highest BCUT2D eigenvalue weighted by Crippen LogP contribution is 2.20. The lowest BCUT2D eigenvalue weighted by Gasteiger charge is -2.17. The van der Waals surface area contributed by atoms with E-state index in [1.165, 1.54) is 30.1 Å². The number of hydrogen-bond donors (Lipinski definition) is 0. The number of carbonyl (C=O) groups excluding carboxylic acids is 2. The second-order valence-corrected chi connectivity index (χ2v) is 8.71. The molecule has 166 valence electrons. The Morgan fingerprint density at radius 1 is 1.13 bits per heavy atom. The van der Waals surface area contributed by atoms with Crippen LogP contribution < -0.4 is 4.74 Å². The molecule has 0 fully saturated rings. The zero-order valence-electron chi connectivity index (χ0n) is 17.2. The first-order valence-corrected chi connectivity index (χ1v) is 11.0. The highest BCUT2D eigenvalue weighted by molar-refractivity contribution is 7.90. The lowest BCUT2D eigenvalue weighted by Crippen LogP contribution is -2.29. The highest BCUT2D eigenvalue weighted by Gasteiger charge is 2.20. The molecule has 31 heavy (non-hydrogen) atoms. The van der Waals surface area contributed by atoms with Crippen LogP contribution in [-0.4, -0.2) is 63.7 Å². The topological polar surface area (TPSA) is 133 Å². The van der Waals surface area contributed by atoms with Gasteiger partial charge in [-0.1, -0.05) is 6.07 Å². The minimum Gasteiger partial charge on any atom is -0.493 e. The number of nitrogens with zero attached hydrogens (tertiary/aromatic N) is 2. The summed E-state index contributed by atoms with van der Waals surface area (Å²) < 4.78 is 33.3. The number of sulfone groups is 1. The van der Waals surface area contributed by atoms with Crippen LogP contribution in [0.3, 0.4) is 0 Å². The van der Waals surface area contributed by atoms with Gasteiger partial charge in [-0.05, 0) is 30.7 Å². The number of nitro benzene ring substituents is 1. The SMILES string of the molecule is COC(=O)c1cc(C(=O)N(C)CCCOc2cccc(S(C)(=O)=O)c2)cc([N+](=O)[O-])c1. The molecule has 0 bridgehead atoms. The van der Waals surface area contributed by atoms with Gasteiger partial charge in [0.1, 0.15) is 5.75 Å². The van der Waals surface area contributed by atoms with E-state index < -0.39 is 32.3 Å². The normalized spacial score (nSPS) is 10.9. The summed E-state index contributed by atoms with van der Waals surface area (Å²) in [4.78, 5) is 36.3. The Kier molecular flexibility index (Phi) is 7.70. The molecule has 0 atom stereocenters. The van der Waals surface area contributed by atoms with E-state index in [0.717, 1.165) is 25.5 Å². The van der Waals surface area contributed by atoms with Gasteiger partial charge in [0, 0.05) is 37.5 Å². The lowest BCUT2D eigenvalue weighted by atomic mass is 10.1. The van der Waals surface area contributed by atoms with Gasteiger partial charge in [0.25, 0.3) is 11.6 Å². The van der Waals surface area contributed by atoms with Crippen LogP contribution in [0.5, 0.6) is 5.75 Å². The van der Waals surface area contributed by atoms with Crippen molar-refractivity contribution in [3.05, 3.63) is 63.7 Å². The minimum absolute atomic E-state index is 0.0149. The molecule has 2 aromatic carbocycles. The van der Waals surface area contributed by atoms with Gasteiger partial charge >= 0.3 is 5.97 Å². The maximum atomic E-state index is 12.6. The molecule has 0 unspecified atom stereocenters. The fraction of sp³-hybridized carbons (Fsp3) is 0.300. The molecular weight excluding hydrogens is 428 g/mol. The van der Waals surface area contributed by atoms with Crippen LogP contribution in [0, 0.1) is 10.1 Å². The number of nitro groups is 1. The first-order valence-electron chi connectivity index (χ1n) is 9.09. The Labute approximate surface area is 179 Å². The molecule has 0 aliphatic rings. The fourth-order valence-electron chi connectivity index (χ4n) is 2.68. The van der Waals surface area contributed by atoms with E-state index in [1.54, 1.807) is 12.1 Å². The standard InChI is InChI=1S/C20H22N2O8S/c1-21(8-5-9-30-17-6-4-7-18(13-17)31(3,27)28)19(23)14-10-15(20(24)29-2)12-16(11-14)22(25)26/h4,6-7,10-13H,5,8-9H2,1-3H3. The largest absolute Gasteiger partial charge is 0.493 e. The number of non-ortho nitro benzene ring substituents is 1. The molecule has 0 saturated carbocycles. The molecule has 10 nitrogen and oxygen atoms in total. The van der Waals surface area contributed by atoms with Crippen molar-refractivity contribution >= 4 is 27.4 Å². The Balaban J connectivity index is 2.01. The monoisotopic (exact) mass is 450 g/mol. The smallest absolute Gasteiger partial charge is 0.338 e. The first-order chi connectivity index (χ1) is 14.5. The van der Waals surface area contributed by atoms with Crippen molar-refractivity contribution < 1.29 is 32.4 Å². The fourth-order valence-corrected chi connectivity index (χ4v) is 3.34. The summed E-state index contributed by atoms with van der Waals surface area (Å²) >= 11 is 0. The van der Waals surface area contributed by atoms with Crippen LogP contribution in [0.2, 0.25) is 0 Å². The van der Waals surface area contributed by atoms with Crippen LogP contribution in [0.1, 0.15) is 27.1 Å². The predicted octanol–water partition coefficient (Wildman–Crippen LogP) is 2.33. The average molecular weight is 450 g/mol. The van der Waals surface area contributed by atoms with Gasteiger partial charge in [-0.3, -0.25) is 14.9 Å². The number of hydrogen-bond acceptors (Lipinski definition) is 8. The van der Waals surface area contributed by atoms with Gasteiger partial charge in [-0.25, -0.2) is 13.2 Å².